The van der Waals surface area contributed by atoms with E-state index in [1.165, 1.54) is 6.07 Å². The van der Waals surface area contributed by atoms with Crippen LogP contribution in [-0.2, 0) is 11.2 Å². The summed E-state index contributed by atoms with van der Waals surface area (Å²) < 4.78 is 14.6. The molecule has 0 aliphatic heterocycles. The molecule has 2 aromatic rings. The van der Waals surface area contributed by atoms with Crippen LogP contribution in [0.4, 0.5) is 4.39 Å². The highest BCUT2D eigenvalue weighted by Crippen LogP contribution is 2.39. The largest absolute Gasteiger partial charge is 0.299 e. The quantitative estimate of drug-likeness (QED) is 0.528. The Balaban J connectivity index is 1.31. The SMILES string of the molecule is O=C1CC=C(Cc2ccc(F)c(C(=O)C3CCC(C(=O)C4CC4)CC3)c2)c2ccccc21. The van der Waals surface area contributed by atoms with Crippen molar-refractivity contribution in [1.82, 2.24) is 0 Å². The molecule has 0 spiro atoms. The van der Waals surface area contributed by atoms with Crippen molar-refractivity contribution >= 4 is 22.9 Å². The van der Waals surface area contributed by atoms with Gasteiger partial charge < -0.3 is 0 Å². The minimum absolute atomic E-state index is 0.0868. The highest BCUT2D eigenvalue weighted by atomic mass is 19.1. The van der Waals surface area contributed by atoms with Crippen molar-refractivity contribution in [2.45, 2.75) is 51.4 Å². The molecule has 2 saturated carbocycles. The molecule has 164 valence electrons. The zero-order valence-electron chi connectivity index (χ0n) is 18.1. The Morgan fingerprint density at radius 1 is 0.844 bits per heavy atom. The van der Waals surface area contributed by atoms with Crippen LogP contribution < -0.4 is 0 Å². The lowest BCUT2D eigenvalue weighted by atomic mass is 9.76. The molecule has 3 aliphatic carbocycles. The zero-order valence-corrected chi connectivity index (χ0v) is 18.1. The van der Waals surface area contributed by atoms with Crippen LogP contribution in [-0.4, -0.2) is 17.3 Å². The second-order valence-electron chi connectivity index (χ2n) is 9.48. The molecule has 0 saturated heterocycles. The van der Waals surface area contributed by atoms with E-state index in [0.29, 0.717) is 31.5 Å². The molecule has 5 rings (SSSR count). The number of carbonyl (C=O) groups excluding carboxylic acids is 3. The Hall–Kier alpha value is -2.88. The van der Waals surface area contributed by atoms with E-state index in [1.54, 1.807) is 12.1 Å². The summed E-state index contributed by atoms with van der Waals surface area (Å²) in [7, 11) is 0. The van der Waals surface area contributed by atoms with Gasteiger partial charge in [0.2, 0.25) is 0 Å². The molecule has 2 aromatic carbocycles. The molecule has 3 nitrogen and oxygen atoms in total. The lowest BCUT2D eigenvalue weighted by molar-refractivity contribution is -0.125. The standard InChI is InChI=1S/C28H27FO3/c29-25-13-5-17(15-21-12-14-26(30)23-4-2-1-3-22(21)23)16-24(25)28(32)20-10-8-19(9-11-20)27(31)18-6-7-18/h1-5,12-13,16,18-20H,6-11,14-15H2. The first-order valence-electron chi connectivity index (χ1n) is 11.7. The number of hydrogen-bond acceptors (Lipinski definition) is 3. The van der Waals surface area contributed by atoms with Crippen LogP contribution in [0.1, 0.15) is 76.8 Å². The molecule has 4 heteroatoms. The number of carbonyl (C=O) groups is 3. The van der Waals surface area contributed by atoms with Gasteiger partial charge in [-0.2, -0.15) is 0 Å². The van der Waals surface area contributed by atoms with Gasteiger partial charge >= 0.3 is 0 Å². The van der Waals surface area contributed by atoms with Crippen LogP contribution in [0.25, 0.3) is 5.57 Å². The monoisotopic (exact) mass is 430 g/mol. The van der Waals surface area contributed by atoms with Gasteiger partial charge in [-0.1, -0.05) is 36.4 Å². The van der Waals surface area contributed by atoms with Crippen molar-refractivity contribution in [2.75, 3.05) is 0 Å². The summed E-state index contributed by atoms with van der Waals surface area (Å²) in [5.74, 6) is -0.00779. The Bertz CT molecular complexity index is 1120. The van der Waals surface area contributed by atoms with Gasteiger partial charge in [-0.25, -0.2) is 4.39 Å². The lowest BCUT2D eigenvalue weighted by Crippen LogP contribution is -2.27. The Kier molecular flexibility index (Phi) is 5.62. The summed E-state index contributed by atoms with van der Waals surface area (Å²) in [5, 5.41) is 0. The van der Waals surface area contributed by atoms with Crippen LogP contribution >= 0.6 is 0 Å². The van der Waals surface area contributed by atoms with Crippen LogP contribution in [0, 0.1) is 23.6 Å². The Morgan fingerprint density at radius 3 is 2.16 bits per heavy atom. The van der Waals surface area contributed by atoms with Gasteiger partial charge in [0.25, 0.3) is 0 Å². The molecule has 2 fully saturated rings. The molecule has 0 unspecified atom stereocenters. The van der Waals surface area contributed by atoms with Crippen molar-refractivity contribution in [3.05, 3.63) is 76.6 Å². The molecular weight excluding hydrogens is 403 g/mol. The van der Waals surface area contributed by atoms with Gasteiger partial charge in [0.1, 0.15) is 11.6 Å². The first-order valence-corrected chi connectivity index (χ1v) is 11.7. The van der Waals surface area contributed by atoms with E-state index in [0.717, 1.165) is 47.9 Å². The number of allylic oxidation sites excluding steroid dienone is 2. The third-order valence-electron chi connectivity index (χ3n) is 7.28. The molecule has 3 aliphatic rings. The summed E-state index contributed by atoms with van der Waals surface area (Å²) >= 11 is 0. The molecule has 0 aromatic heterocycles. The zero-order chi connectivity index (χ0) is 22.2. The van der Waals surface area contributed by atoms with Crippen LogP contribution in [0.15, 0.2) is 48.5 Å². The molecule has 0 N–H and O–H groups in total. The number of rotatable bonds is 6. The van der Waals surface area contributed by atoms with Crippen molar-refractivity contribution in [3.63, 3.8) is 0 Å². The maximum Gasteiger partial charge on any atom is 0.168 e. The molecule has 0 heterocycles. The van der Waals surface area contributed by atoms with Crippen LogP contribution in [0.3, 0.4) is 0 Å². The highest BCUT2D eigenvalue weighted by molar-refractivity contribution is 6.05. The summed E-state index contributed by atoms with van der Waals surface area (Å²) in [4.78, 5) is 37.7. The van der Waals surface area contributed by atoms with Gasteiger partial charge in [0, 0.05) is 29.7 Å². The number of benzene rings is 2. The fourth-order valence-electron chi connectivity index (χ4n) is 5.26. The third-order valence-corrected chi connectivity index (χ3v) is 7.28. The van der Waals surface area contributed by atoms with E-state index in [4.69, 9.17) is 0 Å². The summed E-state index contributed by atoms with van der Waals surface area (Å²) in [6.45, 7) is 0. The molecule has 0 bridgehead atoms. The lowest BCUT2D eigenvalue weighted by Gasteiger charge is -2.27. The topological polar surface area (TPSA) is 51.2 Å². The van der Waals surface area contributed by atoms with Crippen molar-refractivity contribution < 1.29 is 18.8 Å². The summed E-state index contributed by atoms with van der Waals surface area (Å²) in [5.41, 5.74) is 3.69. The van der Waals surface area contributed by atoms with Gasteiger partial charge in [0.05, 0.1) is 5.56 Å². The van der Waals surface area contributed by atoms with Crippen molar-refractivity contribution in [2.24, 2.45) is 17.8 Å². The van der Waals surface area contributed by atoms with E-state index < -0.39 is 5.82 Å². The van der Waals surface area contributed by atoms with E-state index >= 15 is 0 Å². The fraction of sp³-hybridized carbons (Fsp3) is 0.393. The predicted molar refractivity (Wildman–Crippen MR) is 121 cm³/mol. The van der Waals surface area contributed by atoms with Crippen molar-refractivity contribution in [3.8, 4) is 0 Å². The average Bonchev–Trinajstić information content (AvgIpc) is 3.67. The number of Topliss-reactive ketones (excluding diaryl/α,β-unsaturated/α-hetero) is 3. The van der Waals surface area contributed by atoms with Gasteiger partial charge in [-0.05, 0) is 73.8 Å². The van der Waals surface area contributed by atoms with Gasteiger partial charge in [-0.15, -0.1) is 0 Å². The number of halogens is 1. The molecule has 0 radical (unpaired) electrons. The highest BCUT2D eigenvalue weighted by Gasteiger charge is 2.38. The molecular formula is C28H27FO3. The van der Waals surface area contributed by atoms with Gasteiger partial charge in [-0.3, -0.25) is 14.4 Å². The molecule has 0 amide bonds. The first kappa shape index (κ1) is 21.0. The normalized spacial score (nSPS) is 22.8. The van der Waals surface area contributed by atoms with Gasteiger partial charge in [0.15, 0.2) is 11.6 Å². The second kappa shape index (κ2) is 8.57. The number of ketones is 3. The Labute approximate surface area is 187 Å². The fourth-order valence-corrected chi connectivity index (χ4v) is 5.26. The van der Waals surface area contributed by atoms with E-state index in [1.807, 2.05) is 30.3 Å². The predicted octanol–water partition coefficient (Wildman–Crippen LogP) is 6.01. The van der Waals surface area contributed by atoms with E-state index in [9.17, 15) is 18.8 Å². The molecule has 32 heavy (non-hydrogen) atoms. The van der Waals surface area contributed by atoms with Crippen molar-refractivity contribution in [1.29, 1.82) is 0 Å². The van der Waals surface area contributed by atoms with E-state index in [-0.39, 0.29) is 34.9 Å². The maximum absolute atomic E-state index is 14.6. The molecule has 0 atom stereocenters. The third kappa shape index (κ3) is 4.11. The second-order valence-corrected chi connectivity index (χ2v) is 9.48. The summed E-state index contributed by atoms with van der Waals surface area (Å²) in [6.07, 6.45) is 7.69. The van der Waals surface area contributed by atoms with E-state index in [2.05, 4.69) is 0 Å². The minimum Gasteiger partial charge on any atom is -0.299 e. The number of hydrogen-bond donors (Lipinski definition) is 0. The maximum atomic E-state index is 14.6. The average molecular weight is 431 g/mol. The smallest absolute Gasteiger partial charge is 0.168 e. The first-order chi connectivity index (χ1) is 15.5. The van der Waals surface area contributed by atoms with Crippen LogP contribution in [0.2, 0.25) is 0 Å². The number of fused-ring (bicyclic) bond motifs is 1. The summed E-state index contributed by atoms with van der Waals surface area (Å²) in [6, 6.07) is 12.3. The minimum atomic E-state index is -0.483. The van der Waals surface area contributed by atoms with Crippen LogP contribution in [0.5, 0.6) is 0 Å². The Morgan fingerprint density at radius 2 is 1.47 bits per heavy atom.